The minimum absolute atomic E-state index is 0.0471. The summed E-state index contributed by atoms with van der Waals surface area (Å²) in [5.41, 5.74) is 0.880. The summed E-state index contributed by atoms with van der Waals surface area (Å²) < 4.78 is 31.2. The second-order valence-electron chi connectivity index (χ2n) is 5.80. The molecule has 7 nitrogen and oxygen atoms in total. The Morgan fingerprint density at radius 2 is 2.20 bits per heavy atom. The third-order valence-electron chi connectivity index (χ3n) is 3.82. The zero-order valence-corrected chi connectivity index (χ0v) is 14.4. The number of rotatable bonds is 6. The number of fused-ring (bicyclic) bond motifs is 1. The average Bonchev–Trinajstić information content (AvgIpc) is 3.17. The molecule has 3 aromatic rings. The SMILES string of the molecule is FC1(F)CC(COc2nc3nc(Cl)nc(NCc4nccs4)c3[nH]2)C1. The van der Waals surface area contributed by atoms with Gasteiger partial charge in [-0.25, -0.2) is 13.8 Å². The third-order valence-corrected chi connectivity index (χ3v) is 4.77. The van der Waals surface area contributed by atoms with Crippen molar-refractivity contribution >= 4 is 39.9 Å². The van der Waals surface area contributed by atoms with E-state index < -0.39 is 5.92 Å². The predicted octanol–water partition coefficient (Wildman–Crippen LogP) is 3.50. The summed E-state index contributed by atoms with van der Waals surface area (Å²) in [5, 5.41) is 5.95. The Morgan fingerprint density at radius 1 is 1.36 bits per heavy atom. The van der Waals surface area contributed by atoms with E-state index in [1.54, 1.807) is 6.20 Å². The molecule has 1 aliphatic rings. The fourth-order valence-electron chi connectivity index (χ4n) is 2.64. The molecule has 0 spiro atoms. The summed E-state index contributed by atoms with van der Waals surface area (Å²) in [5.74, 6) is -2.25. The molecule has 1 aliphatic carbocycles. The van der Waals surface area contributed by atoms with Gasteiger partial charge in [0.05, 0.1) is 13.2 Å². The van der Waals surface area contributed by atoms with E-state index in [4.69, 9.17) is 16.3 Å². The van der Waals surface area contributed by atoms with E-state index in [2.05, 4.69) is 30.2 Å². The van der Waals surface area contributed by atoms with Crippen LogP contribution >= 0.6 is 22.9 Å². The topological polar surface area (TPSA) is 88.6 Å². The molecule has 132 valence electrons. The van der Waals surface area contributed by atoms with Crippen LogP contribution in [0.2, 0.25) is 5.28 Å². The van der Waals surface area contributed by atoms with Crippen molar-refractivity contribution in [2.45, 2.75) is 25.3 Å². The number of nitrogens with one attached hydrogen (secondary N) is 2. The number of halogens is 3. The van der Waals surface area contributed by atoms with Crippen molar-refractivity contribution in [3.8, 4) is 6.01 Å². The summed E-state index contributed by atoms with van der Waals surface area (Å²) in [6, 6.07) is 0.207. The predicted molar refractivity (Wildman–Crippen MR) is 89.3 cm³/mol. The highest BCUT2D eigenvalue weighted by atomic mass is 35.5. The molecule has 1 saturated carbocycles. The number of hydrogen-bond acceptors (Lipinski definition) is 7. The standard InChI is InChI=1S/C14H13ClF2N6OS/c15-12-21-10(19-5-8-18-1-2-25-8)9-11(22-12)23-13(20-9)24-6-7-3-14(16,17)4-7/h1-2,7H,3-6H2,(H2,19,20,21,22,23). The van der Waals surface area contributed by atoms with Gasteiger partial charge in [0.2, 0.25) is 11.2 Å². The molecule has 0 amide bonds. The number of aromatic amines is 1. The molecule has 0 unspecified atom stereocenters. The fraction of sp³-hybridized carbons (Fsp3) is 0.429. The van der Waals surface area contributed by atoms with Gasteiger partial charge < -0.3 is 15.0 Å². The molecule has 0 saturated heterocycles. The van der Waals surface area contributed by atoms with Gasteiger partial charge in [0.1, 0.15) is 10.5 Å². The molecule has 2 N–H and O–H groups in total. The zero-order valence-electron chi connectivity index (χ0n) is 12.8. The Morgan fingerprint density at radius 3 is 2.92 bits per heavy atom. The number of nitrogens with zero attached hydrogens (tertiary/aromatic N) is 4. The maximum absolute atomic E-state index is 12.9. The van der Waals surface area contributed by atoms with Gasteiger partial charge in [0, 0.05) is 30.3 Å². The van der Waals surface area contributed by atoms with Gasteiger partial charge >= 0.3 is 0 Å². The highest BCUT2D eigenvalue weighted by Gasteiger charge is 2.45. The van der Waals surface area contributed by atoms with Crippen LogP contribution in [0.3, 0.4) is 0 Å². The van der Waals surface area contributed by atoms with Crippen molar-refractivity contribution in [1.29, 1.82) is 0 Å². The summed E-state index contributed by atoms with van der Waals surface area (Å²) in [7, 11) is 0. The molecule has 4 rings (SSSR count). The Balaban J connectivity index is 1.48. The number of hydrogen-bond donors (Lipinski definition) is 2. The highest BCUT2D eigenvalue weighted by Crippen LogP contribution is 2.42. The van der Waals surface area contributed by atoms with Crippen LogP contribution in [0.4, 0.5) is 14.6 Å². The summed E-state index contributed by atoms with van der Waals surface area (Å²) in [4.78, 5) is 19.5. The van der Waals surface area contributed by atoms with Crippen molar-refractivity contribution in [1.82, 2.24) is 24.9 Å². The number of alkyl halides is 2. The third kappa shape index (κ3) is 3.64. The molecule has 11 heteroatoms. The maximum Gasteiger partial charge on any atom is 0.296 e. The lowest BCUT2D eigenvalue weighted by Gasteiger charge is -2.34. The van der Waals surface area contributed by atoms with Crippen LogP contribution in [0.25, 0.3) is 11.2 Å². The first-order valence-electron chi connectivity index (χ1n) is 7.55. The number of thiazole rings is 1. The Hall–Kier alpha value is -2.07. The molecule has 0 radical (unpaired) electrons. The molecule has 0 atom stereocenters. The lowest BCUT2D eigenvalue weighted by molar-refractivity contribution is -0.119. The van der Waals surface area contributed by atoms with Gasteiger partial charge in [0.15, 0.2) is 11.5 Å². The van der Waals surface area contributed by atoms with Crippen molar-refractivity contribution in [2.75, 3.05) is 11.9 Å². The van der Waals surface area contributed by atoms with E-state index in [-0.39, 0.29) is 36.7 Å². The molecule has 3 heterocycles. The van der Waals surface area contributed by atoms with Gasteiger partial charge in [-0.1, -0.05) is 0 Å². The number of aromatic nitrogens is 5. The van der Waals surface area contributed by atoms with Crippen LogP contribution in [0.5, 0.6) is 6.01 Å². The van der Waals surface area contributed by atoms with E-state index in [1.165, 1.54) is 11.3 Å². The quantitative estimate of drug-likeness (QED) is 0.630. The minimum atomic E-state index is -2.56. The van der Waals surface area contributed by atoms with Crippen LogP contribution < -0.4 is 10.1 Å². The second-order valence-corrected chi connectivity index (χ2v) is 7.12. The van der Waals surface area contributed by atoms with Crippen LogP contribution in [0.15, 0.2) is 11.6 Å². The van der Waals surface area contributed by atoms with E-state index >= 15 is 0 Å². The number of H-pyrrole nitrogens is 1. The maximum atomic E-state index is 12.9. The first kappa shape index (κ1) is 16.4. The largest absolute Gasteiger partial charge is 0.464 e. The monoisotopic (exact) mass is 386 g/mol. The summed E-state index contributed by atoms with van der Waals surface area (Å²) in [6.45, 7) is 0.658. The number of ether oxygens (including phenoxy) is 1. The lowest BCUT2D eigenvalue weighted by atomic mass is 9.82. The van der Waals surface area contributed by atoms with E-state index in [0.29, 0.717) is 23.5 Å². The van der Waals surface area contributed by atoms with Crippen LogP contribution in [-0.4, -0.2) is 37.4 Å². The lowest BCUT2D eigenvalue weighted by Crippen LogP contribution is -2.38. The average molecular weight is 387 g/mol. The number of anilines is 1. The van der Waals surface area contributed by atoms with Crippen molar-refractivity contribution in [3.05, 3.63) is 21.9 Å². The van der Waals surface area contributed by atoms with Crippen LogP contribution in [0, 0.1) is 5.92 Å². The fourth-order valence-corrected chi connectivity index (χ4v) is 3.37. The minimum Gasteiger partial charge on any atom is -0.464 e. The molecular weight excluding hydrogens is 374 g/mol. The molecule has 0 aromatic carbocycles. The Kier molecular flexibility index (Phi) is 4.16. The van der Waals surface area contributed by atoms with E-state index in [0.717, 1.165) is 5.01 Å². The normalized spacial score (nSPS) is 16.8. The first-order valence-corrected chi connectivity index (χ1v) is 8.80. The second kappa shape index (κ2) is 6.34. The van der Waals surface area contributed by atoms with Gasteiger partial charge in [-0.2, -0.15) is 15.0 Å². The van der Waals surface area contributed by atoms with Crippen molar-refractivity contribution in [3.63, 3.8) is 0 Å². The van der Waals surface area contributed by atoms with Gasteiger partial charge in [0.25, 0.3) is 6.01 Å². The Bertz CT molecular complexity index is 879. The molecule has 1 fully saturated rings. The molecule has 3 aromatic heterocycles. The summed E-state index contributed by atoms with van der Waals surface area (Å²) >= 11 is 7.45. The van der Waals surface area contributed by atoms with Crippen LogP contribution in [0.1, 0.15) is 17.8 Å². The van der Waals surface area contributed by atoms with Gasteiger partial charge in [-0.05, 0) is 11.6 Å². The van der Waals surface area contributed by atoms with Crippen molar-refractivity contribution < 1.29 is 13.5 Å². The first-order chi connectivity index (χ1) is 12.0. The summed E-state index contributed by atoms with van der Waals surface area (Å²) in [6.07, 6.45) is 1.41. The molecular formula is C14H13ClF2N6OS. The molecule has 0 aliphatic heterocycles. The van der Waals surface area contributed by atoms with Gasteiger partial charge in [-0.3, -0.25) is 0 Å². The molecule has 0 bridgehead atoms. The van der Waals surface area contributed by atoms with Crippen LogP contribution in [-0.2, 0) is 6.54 Å². The van der Waals surface area contributed by atoms with Gasteiger partial charge in [-0.15, -0.1) is 11.3 Å². The zero-order chi connectivity index (χ0) is 17.4. The van der Waals surface area contributed by atoms with E-state index in [1.807, 2.05) is 5.38 Å². The molecule has 25 heavy (non-hydrogen) atoms. The van der Waals surface area contributed by atoms with E-state index in [9.17, 15) is 8.78 Å². The smallest absolute Gasteiger partial charge is 0.296 e. The highest BCUT2D eigenvalue weighted by molar-refractivity contribution is 7.09. The Labute approximate surface area is 149 Å². The van der Waals surface area contributed by atoms with Crippen molar-refractivity contribution in [2.24, 2.45) is 5.92 Å². The number of imidazole rings is 1.